The van der Waals surface area contributed by atoms with Crippen LogP contribution in [-0.2, 0) is 16.0 Å². The van der Waals surface area contributed by atoms with E-state index in [2.05, 4.69) is 5.32 Å². The van der Waals surface area contributed by atoms with Crippen molar-refractivity contribution >= 4 is 17.6 Å². The van der Waals surface area contributed by atoms with E-state index in [1.54, 1.807) is 12.1 Å². The Morgan fingerprint density at radius 2 is 2.05 bits per heavy atom. The number of nitrogens with one attached hydrogen (secondary N) is 1. The minimum absolute atomic E-state index is 0.0140. The van der Waals surface area contributed by atoms with Crippen molar-refractivity contribution in [3.05, 3.63) is 39.9 Å². The number of nitro benzene ring substituents is 1. The van der Waals surface area contributed by atoms with Crippen LogP contribution in [0.5, 0.6) is 0 Å². The minimum atomic E-state index is -1.03. The molecule has 0 unspecified atom stereocenters. The molecule has 0 spiro atoms. The summed E-state index contributed by atoms with van der Waals surface area (Å²) in [6.07, 6.45) is 0.512. The first-order valence-corrected chi connectivity index (χ1v) is 6.46. The van der Waals surface area contributed by atoms with E-state index in [4.69, 9.17) is 5.11 Å². The SMILES string of the molecule is CC(C)(CNC(=O)CCc1cccc([N+](=O)[O-])c1)C(=O)O. The lowest BCUT2D eigenvalue weighted by molar-refractivity contribution is -0.384. The molecule has 0 atom stereocenters. The second-order valence-corrected chi connectivity index (χ2v) is 5.39. The molecule has 0 radical (unpaired) electrons. The van der Waals surface area contributed by atoms with Crippen molar-refractivity contribution in [2.75, 3.05) is 6.54 Å². The van der Waals surface area contributed by atoms with Crippen molar-refractivity contribution in [3.8, 4) is 0 Å². The first-order valence-electron chi connectivity index (χ1n) is 6.46. The highest BCUT2D eigenvalue weighted by atomic mass is 16.6. The Kier molecular flexibility index (Phi) is 5.40. The molecule has 1 rings (SSSR count). The molecule has 0 aromatic heterocycles. The highest BCUT2D eigenvalue weighted by Crippen LogP contribution is 2.15. The van der Waals surface area contributed by atoms with Gasteiger partial charge < -0.3 is 10.4 Å². The van der Waals surface area contributed by atoms with Gasteiger partial charge in [-0.2, -0.15) is 0 Å². The number of carbonyl (C=O) groups excluding carboxylic acids is 1. The number of carbonyl (C=O) groups is 2. The highest BCUT2D eigenvalue weighted by Gasteiger charge is 2.27. The lowest BCUT2D eigenvalue weighted by atomic mass is 9.94. The standard InChI is InChI=1S/C14H18N2O5/c1-14(2,13(18)19)9-15-12(17)7-6-10-4-3-5-11(8-10)16(20)21/h3-5,8H,6-7,9H2,1-2H3,(H,15,17)(H,18,19). The van der Waals surface area contributed by atoms with Crippen LogP contribution in [-0.4, -0.2) is 28.5 Å². The van der Waals surface area contributed by atoms with E-state index < -0.39 is 16.3 Å². The molecule has 0 aliphatic rings. The Labute approximate surface area is 122 Å². The second-order valence-electron chi connectivity index (χ2n) is 5.39. The summed E-state index contributed by atoms with van der Waals surface area (Å²) >= 11 is 0. The number of rotatable bonds is 7. The number of non-ortho nitro benzene ring substituents is 1. The maximum Gasteiger partial charge on any atom is 0.310 e. The van der Waals surface area contributed by atoms with Gasteiger partial charge in [0.1, 0.15) is 0 Å². The lowest BCUT2D eigenvalue weighted by Gasteiger charge is -2.19. The number of nitro groups is 1. The Bertz CT molecular complexity index is 554. The molecule has 0 fully saturated rings. The van der Waals surface area contributed by atoms with Crippen molar-refractivity contribution in [1.82, 2.24) is 5.32 Å². The number of benzene rings is 1. The van der Waals surface area contributed by atoms with E-state index >= 15 is 0 Å². The Morgan fingerprint density at radius 3 is 2.62 bits per heavy atom. The molecule has 0 saturated carbocycles. The molecule has 2 N–H and O–H groups in total. The van der Waals surface area contributed by atoms with Gasteiger partial charge in [-0.25, -0.2) is 0 Å². The van der Waals surface area contributed by atoms with Crippen LogP contribution in [0.1, 0.15) is 25.8 Å². The third-order valence-corrected chi connectivity index (χ3v) is 3.07. The van der Waals surface area contributed by atoms with Gasteiger partial charge in [-0.05, 0) is 25.8 Å². The summed E-state index contributed by atoms with van der Waals surface area (Å²) in [4.78, 5) is 32.7. The first kappa shape index (κ1) is 16.6. The van der Waals surface area contributed by atoms with E-state index in [-0.39, 0.29) is 24.6 Å². The molecule has 1 aromatic carbocycles. The predicted molar refractivity (Wildman–Crippen MR) is 75.8 cm³/mol. The Balaban J connectivity index is 2.48. The molecule has 1 aromatic rings. The van der Waals surface area contributed by atoms with Crippen molar-refractivity contribution in [2.45, 2.75) is 26.7 Å². The maximum absolute atomic E-state index is 11.7. The van der Waals surface area contributed by atoms with Crippen LogP contribution in [0.15, 0.2) is 24.3 Å². The van der Waals surface area contributed by atoms with Crippen molar-refractivity contribution in [3.63, 3.8) is 0 Å². The van der Waals surface area contributed by atoms with E-state index in [0.717, 1.165) is 0 Å². The molecule has 0 aliphatic carbocycles. The predicted octanol–water partition coefficient (Wildman–Crippen LogP) is 1.75. The molecule has 0 aliphatic heterocycles. The number of aliphatic carboxylic acids is 1. The van der Waals surface area contributed by atoms with Crippen LogP contribution >= 0.6 is 0 Å². The van der Waals surface area contributed by atoms with E-state index in [9.17, 15) is 19.7 Å². The van der Waals surface area contributed by atoms with E-state index in [1.165, 1.54) is 26.0 Å². The number of carboxylic acids is 1. The van der Waals surface area contributed by atoms with Gasteiger partial charge >= 0.3 is 5.97 Å². The molecular formula is C14H18N2O5. The fourth-order valence-corrected chi connectivity index (χ4v) is 1.57. The Morgan fingerprint density at radius 1 is 1.38 bits per heavy atom. The minimum Gasteiger partial charge on any atom is -0.481 e. The van der Waals surface area contributed by atoms with Gasteiger partial charge in [0, 0.05) is 25.1 Å². The normalized spacial score (nSPS) is 11.0. The van der Waals surface area contributed by atoms with Gasteiger partial charge in [-0.1, -0.05) is 12.1 Å². The maximum atomic E-state index is 11.7. The zero-order chi connectivity index (χ0) is 16.0. The van der Waals surface area contributed by atoms with Gasteiger partial charge in [0.05, 0.1) is 10.3 Å². The number of hydrogen-bond acceptors (Lipinski definition) is 4. The molecule has 0 heterocycles. The largest absolute Gasteiger partial charge is 0.481 e. The summed E-state index contributed by atoms with van der Waals surface area (Å²) < 4.78 is 0. The van der Waals surface area contributed by atoms with Crippen LogP contribution in [0.2, 0.25) is 0 Å². The van der Waals surface area contributed by atoms with E-state index in [1.807, 2.05) is 0 Å². The molecule has 0 bridgehead atoms. The van der Waals surface area contributed by atoms with Crippen molar-refractivity contribution in [1.29, 1.82) is 0 Å². The smallest absolute Gasteiger partial charge is 0.310 e. The first-order chi connectivity index (χ1) is 9.72. The number of carboxylic acid groups (broad SMARTS) is 1. The highest BCUT2D eigenvalue weighted by molar-refractivity contribution is 5.78. The summed E-state index contributed by atoms with van der Waals surface area (Å²) in [7, 11) is 0. The molecule has 114 valence electrons. The second kappa shape index (κ2) is 6.83. The number of hydrogen-bond donors (Lipinski definition) is 2. The lowest BCUT2D eigenvalue weighted by Crippen LogP contribution is -2.38. The van der Waals surface area contributed by atoms with Crippen molar-refractivity contribution < 1.29 is 19.6 Å². The molecule has 21 heavy (non-hydrogen) atoms. The van der Waals surface area contributed by atoms with Crippen LogP contribution in [0.3, 0.4) is 0 Å². The molecule has 7 heteroatoms. The summed E-state index contributed by atoms with van der Waals surface area (Å²) in [6, 6.07) is 6.09. The molecular weight excluding hydrogens is 276 g/mol. The van der Waals surface area contributed by atoms with Gasteiger partial charge in [-0.3, -0.25) is 19.7 Å². The number of amides is 1. The van der Waals surface area contributed by atoms with Gasteiger partial charge in [0.15, 0.2) is 0 Å². The fraction of sp³-hybridized carbons (Fsp3) is 0.429. The fourth-order valence-electron chi connectivity index (χ4n) is 1.57. The Hall–Kier alpha value is -2.44. The quantitative estimate of drug-likeness (QED) is 0.588. The summed E-state index contributed by atoms with van der Waals surface area (Å²) in [5.74, 6) is -1.27. The average molecular weight is 294 g/mol. The van der Waals surface area contributed by atoms with Gasteiger partial charge in [0.25, 0.3) is 5.69 Å². The van der Waals surface area contributed by atoms with Crippen LogP contribution in [0.25, 0.3) is 0 Å². The third kappa shape index (κ3) is 5.21. The number of nitrogens with zero attached hydrogens (tertiary/aromatic N) is 1. The van der Waals surface area contributed by atoms with Gasteiger partial charge in [-0.15, -0.1) is 0 Å². The van der Waals surface area contributed by atoms with E-state index in [0.29, 0.717) is 12.0 Å². The van der Waals surface area contributed by atoms with Crippen LogP contribution < -0.4 is 5.32 Å². The van der Waals surface area contributed by atoms with Gasteiger partial charge in [0.2, 0.25) is 5.91 Å². The zero-order valence-corrected chi connectivity index (χ0v) is 12.0. The van der Waals surface area contributed by atoms with Crippen molar-refractivity contribution in [2.24, 2.45) is 5.41 Å². The summed E-state index contributed by atoms with van der Waals surface area (Å²) in [5.41, 5.74) is -0.349. The molecule has 1 amide bonds. The van der Waals surface area contributed by atoms with Crippen LogP contribution in [0.4, 0.5) is 5.69 Å². The zero-order valence-electron chi connectivity index (χ0n) is 12.0. The topological polar surface area (TPSA) is 110 Å². The number of aryl methyl sites for hydroxylation is 1. The summed E-state index contributed by atoms with van der Waals surface area (Å²) in [5, 5.41) is 22.1. The summed E-state index contributed by atoms with van der Waals surface area (Å²) in [6.45, 7) is 3.09. The monoisotopic (exact) mass is 294 g/mol. The average Bonchev–Trinajstić information content (AvgIpc) is 2.43. The third-order valence-electron chi connectivity index (χ3n) is 3.07. The molecule has 0 saturated heterocycles. The molecule has 7 nitrogen and oxygen atoms in total. The van der Waals surface area contributed by atoms with Crippen LogP contribution in [0, 0.1) is 15.5 Å².